The number of carboxylic acids is 1. The number of aliphatic carboxylic acids is 1. The first-order valence-corrected chi connectivity index (χ1v) is 7.10. The van der Waals surface area contributed by atoms with Crippen molar-refractivity contribution in [3.05, 3.63) is 21.4 Å². The minimum Gasteiger partial charge on any atom is -0.481 e. The van der Waals surface area contributed by atoms with E-state index in [0.717, 1.165) is 17.7 Å². The van der Waals surface area contributed by atoms with E-state index in [0.29, 0.717) is 19.5 Å². The molecule has 0 bridgehead atoms. The van der Waals surface area contributed by atoms with Crippen LogP contribution in [0.4, 0.5) is 0 Å². The van der Waals surface area contributed by atoms with Gasteiger partial charge < -0.3 is 10.0 Å². The molecule has 0 unspecified atom stereocenters. The second kappa shape index (κ2) is 4.39. The van der Waals surface area contributed by atoms with Crippen molar-refractivity contribution in [1.29, 1.82) is 0 Å². The Balaban J connectivity index is 1.73. The van der Waals surface area contributed by atoms with E-state index < -0.39 is 5.97 Å². The van der Waals surface area contributed by atoms with E-state index in [2.05, 4.69) is 0 Å². The van der Waals surface area contributed by atoms with Gasteiger partial charge in [0.25, 0.3) is 5.91 Å². The molecule has 96 valence electrons. The third-order valence-electron chi connectivity index (χ3n) is 3.78. The number of hydrogen-bond donors (Lipinski definition) is 1. The number of nitrogens with zero attached hydrogens (tertiary/aromatic N) is 1. The molecule has 4 nitrogen and oxygen atoms in total. The van der Waals surface area contributed by atoms with Gasteiger partial charge in [-0.1, -0.05) is 0 Å². The van der Waals surface area contributed by atoms with Crippen molar-refractivity contribution in [3.8, 4) is 0 Å². The van der Waals surface area contributed by atoms with Crippen LogP contribution in [0.5, 0.6) is 0 Å². The molecule has 1 aliphatic heterocycles. The second-order valence-corrected chi connectivity index (χ2v) is 6.12. The summed E-state index contributed by atoms with van der Waals surface area (Å²) in [6.07, 6.45) is 3.94. The molecule has 18 heavy (non-hydrogen) atoms. The first-order chi connectivity index (χ1) is 8.65. The van der Waals surface area contributed by atoms with Gasteiger partial charge in [-0.05, 0) is 37.3 Å². The molecule has 1 aromatic heterocycles. The summed E-state index contributed by atoms with van der Waals surface area (Å²) in [5.74, 6) is -1.17. The number of carboxylic acid groups (broad SMARTS) is 1. The van der Waals surface area contributed by atoms with Crippen molar-refractivity contribution in [3.63, 3.8) is 0 Å². The van der Waals surface area contributed by atoms with Crippen molar-refractivity contribution >= 4 is 23.2 Å². The predicted molar refractivity (Wildman–Crippen MR) is 68.0 cm³/mol. The van der Waals surface area contributed by atoms with Crippen molar-refractivity contribution in [2.45, 2.75) is 25.7 Å². The van der Waals surface area contributed by atoms with E-state index in [9.17, 15) is 9.59 Å². The number of amides is 1. The molecule has 2 aliphatic rings. The van der Waals surface area contributed by atoms with Crippen LogP contribution >= 0.6 is 11.3 Å². The molecule has 1 aliphatic carbocycles. The van der Waals surface area contributed by atoms with E-state index >= 15 is 0 Å². The topological polar surface area (TPSA) is 57.6 Å². The number of hydrogen-bond acceptors (Lipinski definition) is 3. The van der Waals surface area contributed by atoms with Crippen LogP contribution in [-0.2, 0) is 17.6 Å². The standard InChI is InChI=1S/C13H15NO3S/c15-12(14-5-4-9(7-14)13(16)17)11-6-8-2-1-3-10(8)18-11/h6,9H,1-5,7H2,(H,16,17)/t9-/m1/s1. The summed E-state index contributed by atoms with van der Waals surface area (Å²) in [5.41, 5.74) is 1.32. The zero-order valence-corrected chi connectivity index (χ0v) is 10.8. The normalized spacial score (nSPS) is 22.2. The van der Waals surface area contributed by atoms with Crippen molar-refractivity contribution in [2.24, 2.45) is 5.92 Å². The van der Waals surface area contributed by atoms with Crippen LogP contribution in [-0.4, -0.2) is 35.0 Å². The molecule has 5 heteroatoms. The summed E-state index contributed by atoms with van der Waals surface area (Å²) in [5, 5.41) is 8.94. The minimum atomic E-state index is -0.793. The Morgan fingerprint density at radius 2 is 2.22 bits per heavy atom. The molecule has 1 amide bonds. The summed E-state index contributed by atoms with van der Waals surface area (Å²) in [4.78, 5) is 27.0. The molecule has 3 rings (SSSR count). The second-order valence-electron chi connectivity index (χ2n) is 4.99. The largest absolute Gasteiger partial charge is 0.481 e. The Kier molecular flexibility index (Phi) is 2.86. The fourth-order valence-corrected chi connectivity index (χ4v) is 3.96. The highest BCUT2D eigenvalue weighted by molar-refractivity contribution is 7.14. The lowest BCUT2D eigenvalue weighted by Gasteiger charge is -2.14. The first kappa shape index (κ1) is 11.7. The van der Waals surface area contributed by atoms with Crippen LogP contribution < -0.4 is 0 Å². The summed E-state index contributed by atoms with van der Waals surface area (Å²) < 4.78 is 0. The lowest BCUT2D eigenvalue weighted by molar-refractivity contribution is -0.141. The summed E-state index contributed by atoms with van der Waals surface area (Å²) in [6, 6.07) is 2.00. The van der Waals surface area contributed by atoms with E-state index in [4.69, 9.17) is 5.11 Å². The number of aryl methyl sites for hydroxylation is 2. The van der Waals surface area contributed by atoms with Crippen LogP contribution in [0.1, 0.15) is 33.0 Å². The number of rotatable bonds is 2. The van der Waals surface area contributed by atoms with Gasteiger partial charge in [-0.25, -0.2) is 0 Å². The summed E-state index contributed by atoms with van der Waals surface area (Å²) in [6.45, 7) is 0.926. The first-order valence-electron chi connectivity index (χ1n) is 6.29. The van der Waals surface area contributed by atoms with E-state index in [-0.39, 0.29) is 11.8 Å². The third-order valence-corrected chi connectivity index (χ3v) is 5.01. The van der Waals surface area contributed by atoms with Gasteiger partial charge in [0.15, 0.2) is 0 Å². The molecule has 0 radical (unpaired) electrons. The maximum atomic E-state index is 12.3. The zero-order chi connectivity index (χ0) is 12.7. The van der Waals surface area contributed by atoms with Gasteiger partial charge in [0.1, 0.15) is 0 Å². The Bertz CT molecular complexity index is 487. The quantitative estimate of drug-likeness (QED) is 0.886. The van der Waals surface area contributed by atoms with Gasteiger partial charge in [-0.3, -0.25) is 9.59 Å². The smallest absolute Gasteiger partial charge is 0.308 e. The van der Waals surface area contributed by atoms with E-state index in [1.165, 1.54) is 16.9 Å². The Morgan fingerprint density at radius 3 is 2.89 bits per heavy atom. The highest BCUT2D eigenvalue weighted by atomic mass is 32.1. The van der Waals surface area contributed by atoms with Crippen LogP contribution in [0.25, 0.3) is 0 Å². The fourth-order valence-electron chi connectivity index (χ4n) is 2.74. The molecular weight excluding hydrogens is 250 g/mol. The third kappa shape index (κ3) is 1.92. The van der Waals surface area contributed by atoms with E-state index in [1.807, 2.05) is 6.07 Å². The molecule has 0 aromatic carbocycles. The minimum absolute atomic E-state index is 0.0122. The molecule has 1 fully saturated rings. The lowest BCUT2D eigenvalue weighted by atomic mass is 10.1. The van der Waals surface area contributed by atoms with Gasteiger partial charge in [0.2, 0.25) is 0 Å². The fraction of sp³-hybridized carbons (Fsp3) is 0.538. The molecule has 0 saturated carbocycles. The molecule has 2 heterocycles. The average Bonchev–Trinajstić information content (AvgIpc) is 3.02. The maximum Gasteiger partial charge on any atom is 0.308 e. The molecule has 1 atom stereocenters. The highest BCUT2D eigenvalue weighted by Gasteiger charge is 2.32. The van der Waals surface area contributed by atoms with Crippen LogP contribution in [0.2, 0.25) is 0 Å². The lowest BCUT2D eigenvalue weighted by Crippen LogP contribution is -2.29. The maximum absolute atomic E-state index is 12.3. The number of thiophene rings is 1. The van der Waals surface area contributed by atoms with Crippen LogP contribution in [0, 0.1) is 5.92 Å². The number of likely N-dealkylation sites (tertiary alicyclic amines) is 1. The van der Waals surface area contributed by atoms with Crippen molar-refractivity contribution in [1.82, 2.24) is 4.90 Å². The monoisotopic (exact) mass is 265 g/mol. The Morgan fingerprint density at radius 1 is 1.39 bits per heavy atom. The number of carbonyl (C=O) groups is 2. The van der Waals surface area contributed by atoms with Crippen LogP contribution in [0.15, 0.2) is 6.07 Å². The molecule has 1 aromatic rings. The van der Waals surface area contributed by atoms with Crippen molar-refractivity contribution < 1.29 is 14.7 Å². The molecular formula is C13H15NO3S. The van der Waals surface area contributed by atoms with E-state index in [1.54, 1.807) is 16.2 Å². The summed E-state index contributed by atoms with van der Waals surface area (Å²) >= 11 is 1.59. The SMILES string of the molecule is O=C(O)[C@@H]1CCN(C(=O)c2cc3c(s2)CCC3)C1. The van der Waals surface area contributed by atoms with Crippen LogP contribution in [0.3, 0.4) is 0 Å². The molecule has 1 saturated heterocycles. The highest BCUT2D eigenvalue weighted by Crippen LogP contribution is 2.32. The molecule has 0 spiro atoms. The molecule has 1 N–H and O–H groups in total. The number of fused-ring (bicyclic) bond motifs is 1. The summed E-state index contributed by atoms with van der Waals surface area (Å²) in [7, 11) is 0. The Hall–Kier alpha value is -1.36. The average molecular weight is 265 g/mol. The van der Waals surface area contributed by atoms with Crippen molar-refractivity contribution in [2.75, 3.05) is 13.1 Å². The van der Waals surface area contributed by atoms with Gasteiger partial charge in [-0.2, -0.15) is 0 Å². The predicted octanol–water partition coefficient (Wildman–Crippen LogP) is 1.78. The number of carbonyl (C=O) groups excluding carboxylic acids is 1. The van der Waals surface area contributed by atoms with Gasteiger partial charge in [0.05, 0.1) is 10.8 Å². The van der Waals surface area contributed by atoms with Gasteiger partial charge in [-0.15, -0.1) is 11.3 Å². The Labute approximate surface area is 109 Å². The zero-order valence-electron chi connectivity index (χ0n) is 10.0. The van der Waals surface area contributed by atoms with Gasteiger partial charge in [0, 0.05) is 18.0 Å². The van der Waals surface area contributed by atoms with Gasteiger partial charge >= 0.3 is 5.97 Å².